The van der Waals surface area contributed by atoms with Gasteiger partial charge in [-0.3, -0.25) is 0 Å². The molecule has 1 atom stereocenters. The number of nitrogens with two attached hydrogens (primary N) is 1. The Kier molecular flexibility index (Phi) is 2.84. The zero-order chi connectivity index (χ0) is 8.97. The van der Waals surface area contributed by atoms with Crippen LogP contribution in [-0.4, -0.2) is 6.54 Å². The molecule has 12 heavy (non-hydrogen) atoms. The molecule has 0 aliphatic carbocycles. The number of hydrogen-bond donors (Lipinski definition) is 1. The fourth-order valence-electron chi connectivity index (χ4n) is 1.02. The molecular formula is C10H12N2. The summed E-state index contributed by atoms with van der Waals surface area (Å²) in [5, 5.41) is 8.55. The second kappa shape index (κ2) is 3.89. The van der Waals surface area contributed by atoms with Gasteiger partial charge in [0.15, 0.2) is 0 Å². The van der Waals surface area contributed by atoms with Gasteiger partial charge in [0.1, 0.15) is 0 Å². The van der Waals surface area contributed by atoms with E-state index in [0.717, 1.165) is 0 Å². The molecule has 2 N–H and O–H groups in total. The first-order valence-corrected chi connectivity index (χ1v) is 3.98. The largest absolute Gasteiger partial charge is 0.330 e. The van der Waals surface area contributed by atoms with Gasteiger partial charge in [0, 0.05) is 0 Å². The summed E-state index contributed by atoms with van der Waals surface area (Å²) in [7, 11) is 0. The Morgan fingerprint density at radius 1 is 1.42 bits per heavy atom. The summed E-state index contributed by atoms with van der Waals surface area (Å²) >= 11 is 0. The van der Waals surface area contributed by atoms with E-state index in [2.05, 4.69) is 13.0 Å². The van der Waals surface area contributed by atoms with E-state index in [1.54, 1.807) is 0 Å². The van der Waals surface area contributed by atoms with Gasteiger partial charge in [-0.25, -0.2) is 0 Å². The van der Waals surface area contributed by atoms with Crippen LogP contribution >= 0.6 is 0 Å². The summed E-state index contributed by atoms with van der Waals surface area (Å²) in [5.41, 5.74) is 7.40. The van der Waals surface area contributed by atoms with Gasteiger partial charge in [-0.15, -0.1) is 0 Å². The highest BCUT2D eigenvalue weighted by atomic mass is 14.5. The number of hydrogen-bond acceptors (Lipinski definition) is 2. The summed E-state index contributed by atoms with van der Waals surface area (Å²) in [4.78, 5) is 0. The molecule has 0 heterocycles. The van der Waals surface area contributed by atoms with Crippen LogP contribution in [0, 0.1) is 11.3 Å². The first-order chi connectivity index (χ1) is 5.77. The van der Waals surface area contributed by atoms with Crippen LogP contribution in [0.4, 0.5) is 0 Å². The number of nitrogens with zero attached hydrogens (tertiary/aromatic N) is 1. The molecule has 0 spiro atoms. The summed E-state index contributed by atoms with van der Waals surface area (Å²) in [5.74, 6) is 0.373. The van der Waals surface area contributed by atoms with Gasteiger partial charge in [0.05, 0.1) is 11.6 Å². The third-order valence-electron chi connectivity index (χ3n) is 1.96. The van der Waals surface area contributed by atoms with E-state index in [1.165, 1.54) is 5.56 Å². The zero-order valence-corrected chi connectivity index (χ0v) is 7.12. The Morgan fingerprint density at radius 2 is 2.00 bits per heavy atom. The molecule has 0 saturated heterocycles. The minimum Gasteiger partial charge on any atom is -0.330 e. The maximum absolute atomic E-state index is 8.55. The Morgan fingerprint density at radius 3 is 2.42 bits per heavy atom. The molecule has 0 aromatic heterocycles. The van der Waals surface area contributed by atoms with E-state index in [1.807, 2.05) is 24.3 Å². The molecule has 62 valence electrons. The van der Waals surface area contributed by atoms with Crippen molar-refractivity contribution < 1.29 is 0 Å². The Hall–Kier alpha value is -1.33. The summed E-state index contributed by atoms with van der Waals surface area (Å²) < 4.78 is 0. The van der Waals surface area contributed by atoms with E-state index in [9.17, 15) is 0 Å². The van der Waals surface area contributed by atoms with Gasteiger partial charge in [-0.1, -0.05) is 19.1 Å². The minimum absolute atomic E-state index is 0.373. The predicted octanol–water partition coefficient (Wildman–Crippen LogP) is 1.62. The molecular weight excluding hydrogens is 148 g/mol. The van der Waals surface area contributed by atoms with Crippen molar-refractivity contribution in [3.05, 3.63) is 35.4 Å². The third-order valence-corrected chi connectivity index (χ3v) is 1.96. The monoisotopic (exact) mass is 160 g/mol. The zero-order valence-electron chi connectivity index (χ0n) is 7.12. The molecule has 0 saturated carbocycles. The molecule has 0 aliphatic heterocycles. The van der Waals surface area contributed by atoms with E-state index >= 15 is 0 Å². The Labute approximate surface area is 72.6 Å². The van der Waals surface area contributed by atoms with Crippen molar-refractivity contribution in [1.29, 1.82) is 5.26 Å². The fourth-order valence-corrected chi connectivity index (χ4v) is 1.02. The van der Waals surface area contributed by atoms with E-state index in [0.29, 0.717) is 18.0 Å². The average Bonchev–Trinajstić information content (AvgIpc) is 2.17. The highest BCUT2D eigenvalue weighted by molar-refractivity contribution is 5.32. The maximum Gasteiger partial charge on any atom is 0.0991 e. The van der Waals surface area contributed by atoms with Crippen LogP contribution < -0.4 is 5.73 Å². The summed E-state index contributed by atoms with van der Waals surface area (Å²) in [6.07, 6.45) is 0. The van der Waals surface area contributed by atoms with Crippen LogP contribution in [0.2, 0.25) is 0 Å². The molecule has 0 radical (unpaired) electrons. The van der Waals surface area contributed by atoms with Gasteiger partial charge in [0.2, 0.25) is 0 Å². The van der Waals surface area contributed by atoms with Crippen LogP contribution in [-0.2, 0) is 0 Å². The van der Waals surface area contributed by atoms with Gasteiger partial charge >= 0.3 is 0 Å². The lowest BCUT2D eigenvalue weighted by Crippen LogP contribution is -2.08. The Balaban J connectivity index is 2.86. The molecule has 0 amide bonds. The Bertz CT molecular complexity index is 282. The van der Waals surface area contributed by atoms with Crippen molar-refractivity contribution in [3.8, 4) is 6.07 Å². The topological polar surface area (TPSA) is 49.8 Å². The van der Waals surface area contributed by atoms with Crippen LogP contribution in [0.3, 0.4) is 0 Å². The maximum atomic E-state index is 8.55. The molecule has 1 rings (SSSR count). The highest BCUT2D eigenvalue weighted by Gasteiger charge is 2.01. The molecule has 1 aromatic carbocycles. The molecule has 0 bridgehead atoms. The normalized spacial score (nSPS) is 12.1. The van der Waals surface area contributed by atoms with Crippen molar-refractivity contribution in [2.45, 2.75) is 12.8 Å². The van der Waals surface area contributed by atoms with Gasteiger partial charge in [0.25, 0.3) is 0 Å². The lowest BCUT2D eigenvalue weighted by molar-refractivity contribution is 0.774. The fraction of sp³-hybridized carbons (Fsp3) is 0.300. The minimum atomic E-state index is 0.373. The number of rotatable bonds is 2. The average molecular weight is 160 g/mol. The molecule has 0 aliphatic rings. The molecule has 2 heteroatoms. The number of nitriles is 1. The highest BCUT2D eigenvalue weighted by Crippen LogP contribution is 2.13. The lowest BCUT2D eigenvalue weighted by atomic mass is 10.0. The lowest BCUT2D eigenvalue weighted by Gasteiger charge is -2.07. The second-order valence-corrected chi connectivity index (χ2v) is 2.87. The molecule has 1 aromatic rings. The third kappa shape index (κ3) is 1.84. The summed E-state index contributed by atoms with van der Waals surface area (Å²) in [6, 6.07) is 9.63. The smallest absolute Gasteiger partial charge is 0.0991 e. The second-order valence-electron chi connectivity index (χ2n) is 2.87. The van der Waals surface area contributed by atoms with E-state index < -0.39 is 0 Å². The van der Waals surface area contributed by atoms with Crippen LogP contribution in [0.15, 0.2) is 24.3 Å². The quantitative estimate of drug-likeness (QED) is 0.714. The van der Waals surface area contributed by atoms with Crippen molar-refractivity contribution in [3.63, 3.8) is 0 Å². The first kappa shape index (κ1) is 8.76. The molecule has 2 nitrogen and oxygen atoms in total. The van der Waals surface area contributed by atoms with Crippen molar-refractivity contribution in [1.82, 2.24) is 0 Å². The standard InChI is InChI=1S/C10H12N2/c1-8(6-11)10-4-2-9(7-12)3-5-10/h2-5,8H,6,11H2,1H3/t8-/m1/s1. The van der Waals surface area contributed by atoms with Crippen molar-refractivity contribution in [2.24, 2.45) is 5.73 Å². The van der Waals surface area contributed by atoms with Crippen molar-refractivity contribution in [2.75, 3.05) is 6.54 Å². The van der Waals surface area contributed by atoms with Crippen LogP contribution in [0.1, 0.15) is 24.0 Å². The van der Waals surface area contributed by atoms with Gasteiger partial charge < -0.3 is 5.73 Å². The van der Waals surface area contributed by atoms with Crippen molar-refractivity contribution >= 4 is 0 Å². The molecule has 0 fully saturated rings. The van der Waals surface area contributed by atoms with E-state index in [-0.39, 0.29) is 0 Å². The summed E-state index contributed by atoms with van der Waals surface area (Å²) in [6.45, 7) is 2.72. The number of benzene rings is 1. The van der Waals surface area contributed by atoms with Gasteiger partial charge in [-0.2, -0.15) is 5.26 Å². The SMILES string of the molecule is C[C@H](CN)c1ccc(C#N)cc1. The molecule has 0 unspecified atom stereocenters. The van der Waals surface area contributed by atoms with Crippen LogP contribution in [0.25, 0.3) is 0 Å². The van der Waals surface area contributed by atoms with E-state index in [4.69, 9.17) is 11.0 Å². The van der Waals surface area contributed by atoms with Gasteiger partial charge in [-0.05, 0) is 30.2 Å². The van der Waals surface area contributed by atoms with Crippen LogP contribution in [0.5, 0.6) is 0 Å². The predicted molar refractivity (Wildman–Crippen MR) is 48.6 cm³/mol. The first-order valence-electron chi connectivity index (χ1n) is 3.98.